The van der Waals surface area contributed by atoms with Crippen molar-refractivity contribution < 1.29 is 4.74 Å². The minimum absolute atomic E-state index is 0.362. The fraction of sp³-hybridized carbons (Fsp3) is 0.323. The van der Waals surface area contributed by atoms with Crippen LogP contribution in [0.25, 0.3) is 26.9 Å². The lowest BCUT2D eigenvalue weighted by Crippen LogP contribution is -2.40. The number of thiophene rings is 1. The van der Waals surface area contributed by atoms with Crippen LogP contribution in [0.5, 0.6) is 5.75 Å². The summed E-state index contributed by atoms with van der Waals surface area (Å²) in [5.41, 5.74) is 11.2. The van der Waals surface area contributed by atoms with Crippen molar-refractivity contribution >= 4 is 44.5 Å². The van der Waals surface area contributed by atoms with E-state index in [0.717, 1.165) is 69.1 Å². The second-order valence-electron chi connectivity index (χ2n) is 10.1. The Morgan fingerprint density at radius 3 is 2.58 bits per heavy atom. The van der Waals surface area contributed by atoms with Crippen LogP contribution in [0.3, 0.4) is 0 Å². The number of methoxy groups -OCH3 is 1. The predicted octanol–water partition coefficient (Wildman–Crippen LogP) is 7.52. The molecule has 1 aliphatic rings. The second kappa shape index (κ2) is 11.4. The smallest absolute Gasteiger partial charge is 0.123 e. The number of aryl methyl sites for hydroxylation is 1. The average molecular weight is 547 g/mol. The third-order valence-electron chi connectivity index (χ3n) is 7.76. The SMILES string of the molecule is C=C(c1sc2cccc(C)c2c1Cl)N(Cc1cc(-c2ccc(N)nc2)ccc1OC)[C@H]1CC[C@H](NC)CC1. The van der Waals surface area contributed by atoms with Crippen LogP contribution in [-0.4, -0.2) is 36.1 Å². The second-order valence-corrected chi connectivity index (χ2v) is 11.5. The van der Waals surface area contributed by atoms with Gasteiger partial charge in [0.1, 0.15) is 11.6 Å². The predicted molar refractivity (Wildman–Crippen MR) is 162 cm³/mol. The standard InChI is InChI=1S/C31H35ClN4OS/c1-19-6-5-7-27-29(19)30(32)31(38-27)20(2)36(25-12-10-24(34-3)11-13-25)18-23-16-21(8-14-26(23)37-4)22-9-15-28(33)35-17-22/h5-9,14-17,24-25,34H,2,10-13,18H2,1,3-4H3,(H2,33,35)/t24-,25-. The molecule has 2 aromatic carbocycles. The first-order valence-corrected chi connectivity index (χ1v) is 14.3. The molecule has 0 saturated heterocycles. The summed E-state index contributed by atoms with van der Waals surface area (Å²) in [5.74, 6) is 1.37. The molecule has 198 valence electrons. The fourth-order valence-electron chi connectivity index (χ4n) is 5.55. The van der Waals surface area contributed by atoms with Crippen LogP contribution in [0.2, 0.25) is 5.02 Å². The molecule has 0 bridgehead atoms. The van der Waals surface area contributed by atoms with Crippen molar-refractivity contribution in [3.63, 3.8) is 0 Å². The Hall–Kier alpha value is -3.06. The molecule has 2 aromatic heterocycles. The lowest BCUT2D eigenvalue weighted by Gasteiger charge is -2.39. The van der Waals surface area contributed by atoms with Gasteiger partial charge in [0.25, 0.3) is 0 Å². The largest absolute Gasteiger partial charge is 0.496 e. The minimum atomic E-state index is 0.362. The molecule has 0 aliphatic heterocycles. The van der Waals surface area contributed by atoms with Gasteiger partial charge in [-0.15, -0.1) is 11.3 Å². The minimum Gasteiger partial charge on any atom is -0.496 e. The van der Waals surface area contributed by atoms with Crippen molar-refractivity contribution in [3.8, 4) is 16.9 Å². The van der Waals surface area contributed by atoms with E-state index in [9.17, 15) is 0 Å². The van der Waals surface area contributed by atoms with Crippen molar-refractivity contribution in [1.82, 2.24) is 15.2 Å². The maximum absolute atomic E-state index is 7.04. The number of hydrogen-bond acceptors (Lipinski definition) is 6. The molecule has 1 fully saturated rings. The Morgan fingerprint density at radius 2 is 1.92 bits per heavy atom. The summed E-state index contributed by atoms with van der Waals surface area (Å²) in [6.07, 6.45) is 6.28. The van der Waals surface area contributed by atoms with E-state index in [4.69, 9.17) is 22.1 Å². The number of ether oxygens (including phenoxy) is 1. The van der Waals surface area contributed by atoms with Gasteiger partial charge < -0.3 is 20.7 Å². The van der Waals surface area contributed by atoms with Crippen LogP contribution in [0.15, 0.2) is 61.3 Å². The van der Waals surface area contributed by atoms with Crippen molar-refractivity contribution in [2.45, 2.75) is 51.2 Å². The van der Waals surface area contributed by atoms with E-state index in [1.165, 1.54) is 10.3 Å². The topological polar surface area (TPSA) is 63.4 Å². The highest BCUT2D eigenvalue weighted by Crippen LogP contribution is 2.43. The average Bonchev–Trinajstić information content (AvgIpc) is 3.29. The number of hydrogen-bond donors (Lipinski definition) is 2. The van der Waals surface area contributed by atoms with Gasteiger partial charge in [0.2, 0.25) is 0 Å². The van der Waals surface area contributed by atoms with Gasteiger partial charge in [-0.2, -0.15) is 0 Å². The van der Waals surface area contributed by atoms with Crippen molar-refractivity contribution in [2.24, 2.45) is 0 Å². The molecular formula is C31H35ClN4OS. The number of nitrogens with two attached hydrogens (primary N) is 1. The summed E-state index contributed by atoms with van der Waals surface area (Å²) in [4.78, 5) is 7.79. The summed E-state index contributed by atoms with van der Waals surface area (Å²) < 4.78 is 7.02. The van der Waals surface area contributed by atoms with Crippen molar-refractivity contribution in [2.75, 3.05) is 19.9 Å². The molecule has 1 aliphatic carbocycles. The molecule has 38 heavy (non-hydrogen) atoms. The number of anilines is 1. The van der Waals surface area contributed by atoms with Gasteiger partial charge in [0.15, 0.2) is 0 Å². The zero-order chi connectivity index (χ0) is 26.8. The van der Waals surface area contributed by atoms with Crippen molar-refractivity contribution in [3.05, 3.63) is 82.3 Å². The monoisotopic (exact) mass is 546 g/mol. The maximum atomic E-state index is 7.04. The fourth-order valence-corrected chi connectivity index (χ4v) is 7.24. The normalized spacial score (nSPS) is 17.5. The first-order chi connectivity index (χ1) is 18.4. The van der Waals surface area contributed by atoms with Crippen molar-refractivity contribution in [1.29, 1.82) is 0 Å². The highest BCUT2D eigenvalue weighted by atomic mass is 35.5. The molecule has 5 rings (SSSR count). The van der Waals surface area contributed by atoms with E-state index in [1.807, 2.05) is 24.4 Å². The van der Waals surface area contributed by atoms with Gasteiger partial charge in [-0.05, 0) is 81.1 Å². The number of nitrogen functional groups attached to an aromatic ring is 1. The summed E-state index contributed by atoms with van der Waals surface area (Å²) >= 11 is 8.77. The Labute approximate surface area is 234 Å². The summed E-state index contributed by atoms with van der Waals surface area (Å²) in [6, 6.07) is 17.4. The van der Waals surface area contributed by atoms with Gasteiger partial charge in [-0.25, -0.2) is 4.98 Å². The Bertz CT molecular complexity index is 1440. The highest BCUT2D eigenvalue weighted by Gasteiger charge is 2.29. The number of fused-ring (bicyclic) bond motifs is 1. The Balaban J connectivity index is 1.54. The van der Waals surface area contributed by atoms with E-state index in [2.05, 4.69) is 66.1 Å². The number of aromatic nitrogens is 1. The number of rotatable bonds is 8. The molecule has 0 atom stereocenters. The molecule has 4 aromatic rings. The first kappa shape index (κ1) is 26.5. The Kier molecular flexibility index (Phi) is 7.93. The molecule has 7 heteroatoms. The molecule has 3 N–H and O–H groups in total. The highest BCUT2D eigenvalue weighted by molar-refractivity contribution is 7.20. The van der Waals surface area contributed by atoms with Crippen LogP contribution in [-0.2, 0) is 6.54 Å². The van der Waals surface area contributed by atoms with Crippen LogP contribution >= 0.6 is 22.9 Å². The molecule has 0 spiro atoms. The number of benzene rings is 2. The third kappa shape index (κ3) is 5.26. The van der Waals surface area contributed by atoms with Crippen LogP contribution in [0.1, 0.15) is 41.7 Å². The number of nitrogens with zero attached hydrogens (tertiary/aromatic N) is 2. The Morgan fingerprint density at radius 1 is 1.16 bits per heavy atom. The molecular weight excluding hydrogens is 512 g/mol. The molecule has 2 heterocycles. The van der Waals surface area contributed by atoms with Crippen LogP contribution < -0.4 is 15.8 Å². The quantitative estimate of drug-likeness (QED) is 0.239. The molecule has 0 unspecified atom stereocenters. The van der Waals surface area contributed by atoms with E-state index in [-0.39, 0.29) is 0 Å². The lowest BCUT2D eigenvalue weighted by molar-refractivity contribution is 0.203. The summed E-state index contributed by atoms with van der Waals surface area (Å²) in [5, 5.41) is 5.39. The number of halogens is 1. The molecule has 1 saturated carbocycles. The molecule has 0 amide bonds. The molecule has 0 radical (unpaired) electrons. The van der Waals surface area contributed by atoms with E-state index < -0.39 is 0 Å². The number of nitrogens with one attached hydrogen (secondary N) is 1. The number of pyridine rings is 1. The van der Waals surface area contributed by atoms with E-state index >= 15 is 0 Å². The van der Waals surface area contributed by atoms with Gasteiger partial charge in [0.05, 0.1) is 17.0 Å². The lowest BCUT2D eigenvalue weighted by atomic mass is 9.89. The van der Waals surface area contributed by atoms with Gasteiger partial charge in [-0.1, -0.05) is 36.4 Å². The van der Waals surface area contributed by atoms with E-state index in [1.54, 1.807) is 18.4 Å². The summed E-state index contributed by atoms with van der Waals surface area (Å²) in [6.45, 7) is 7.43. The van der Waals surface area contributed by atoms with Crippen LogP contribution in [0.4, 0.5) is 5.82 Å². The van der Waals surface area contributed by atoms with Gasteiger partial charge in [-0.3, -0.25) is 0 Å². The zero-order valence-electron chi connectivity index (χ0n) is 22.3. The third-order valence-corrected chi connectivity index (χ3v) is 9.45. The first-order valence-electron chi connectivity index (χ1n) is 13.1. The van der Waals surface area contributed by atoms with E-state index in [0.29, 0.717) is 24.4 Å². The zero-order valence-corrected chi connectivity index (χ0v) is 23.8. The molecule has 5 nitrogen and oxygen atoms in total. The maximum Gasteiger partial charge on any atom is 0.123 e. The van der Waals surface area contributed by atoms with Gasteiger partial charge in [0, 0.05) is 51.7 Å². The summed E-state index contributed by atoms with van der Waals surface area (Å²) in [7, 11) is 3.79. The van der Waals surface area contributed by atoms with Gasteiger partial charge >= 0.3 is 0 Å². The van der Waals surface area contributed by atoms with Crippen LogP contribution in [0, 0.1) is 6.92 Å².